The molecule has 1 aliphatic carbocycles. The van der Waals surface area contributed by atoms with Gasteiger partial charge in [0.25, 0.3) is 5.91 Å². The molecular formula is C21H17F4N5O2. The minimum Gasteiger partial charge on any atom is -0.472 e. The third-order valence-corrected chi connectivity index (χ3v) is 5.85. The molecule has 2 bridgehead atoms. The van der Waals surface area contributed by atoms with Gasteiger partial charge in [0.2, 0.25) is 5.88 Å². The van der Waals surface area contributed by atoms with Crippen LogP contribution in [0.1, 0.15) is 28.8 Å². The zero-order valence-electron chi connectivity index (χ0n) is 16.5. The highest BCUT2D eigenvalue weighted by molar-refractivity contribution is 5.98. The Hall–Kier alpha value is -3.50. The topological polar surface area (TPSA) is 73.1 Å². The minimum absolute atomic E-state index is 0.0751. The Bertz CT molecular complexity index is 1130. The standard InChI is InChI=1S/C21H17F4N5O2/c22-14-2-3-15(16(9-14)30-27-5-6-28-30)20(31)29-11-12-7-17(29)18(8-12)32-19-4-1-13(10-26-19)21(23,24)25/h1-6,9-10,12,17-18H,7-8,11H2/t12-,17+,18-/m1/s1. The van der Waals surface area contributed by atoms with E-state index in [2.05, 4.69) is 15.2 Å². The van der Waals surface area contributed by atoms with Crippen molar-refractivity contribution in [2.24, 2.45) is 5.92 Å². The molecule has 0 N–H and O–H groups in total. The van der Waals surface area contributed by atoms with Gasteiger partial charge in [0.05, 0.1) is 29.6 Å². The number of likely N-dealkylation sites (tertiary alicyclic amines) is 1. The summed E-state index contributed by atoms with van der Waals surface area (Å²) in [5.74, 6) is -0.550. The zero-order chi connectivity index (χ0) is 22.5. The van der Waals surface area contributed by atoms with Gasteiger partial charge in [0.15, 0.2) is 0 Å². The van der Waals surface area contributed by atoms with E-state index in [4.69, 9.17) is 4.74 Å². The first kappa shape index (κ1) is 20.4. The summed E-state index contributed by atoms with van der Waals surface area (Å²) in [6.07, 6.45) is 0.108. The van der Waals surface area contributed by atoms with Crippen molar-refractivity contribution in [1.82, 2.24) is 24.9 Å². The van der Waals surface area contributed by atoms with Gasteiger partial charge in [-0.15, -0.1) is 0 Å². The molecule has 1 aromatic carbocycles. The van der Waals surface area contributed by atoms with Crippen molar-refractivity contribution in [2.45, 2.75) is 31.2 Å². The molecule has 2 fully saturated rings. The summed E-state index contributed by atoms with van der Waals surface area (Å²) in [5.41, 5.74) is -0.378. The highest BCUT2D eigenvalue weighted by Crippen LogP contribution is 2.41. The summed E-state index contributed by atoms with van der Waals surface area (Å²) >= 11 is 0. The van der Waals surface area contributed by atoms with Crippen molar-refractivity contribution in [2.75, 3.05) is 6.54 Å². The number of piperidine rings is 1. The molecule has 2 aliphatic rings. The second-order valence-corrected chi connectivity index (χ2v) is 7.88. The van der Waals surface area contributed by atoms with Gasteiger partial charge >= 0.3 is 6.18 Å². The molecule has 32 heavy (non-hydrogen) atoms. The molecule has 0 radical (unpaired) electrons. The summed E-state index contributed by atoms with van der Waals surface area (Å²) in [6.45, 7) is 0.521. The Morgan fingerprint density at radius 3 is 2.53 bits per heavy atom. The molecule has 3 atom stereocenters. The van der Waals surface area contributed by atoms with Crippen molar-refractivity contribution in [3.63, 3.8) is 0 Å². The van der Waals surface area contributed by atoms with Crippen LogP contribution in [0.2, 0.25) is 0 Å². The fraction of sp³-hybridized carbons (Fsp3) is 0.333. The summed E-state index contributed by atoms with van der Waals surface area (Å²) < 4.78 is 57.9. The smallest absolute Gasteiger partial charge is 0.417 e. The minimum atomic E-state index is -4.47. The van der Waals surface area contributed by atoms with Gasteiger partial charge in [-0.25, -0.2) is 9.37 Å². The number of pyridine rings is 1. The molecular weight excluding hydrogens is 430 g/mol. The second kappa shape index (κ2) is 7.57. The lowest BCUT2D eigenvalue weighted by Gasteiger charge is -2.33. The Morgan fingerprint density at radius 2 is 1.88 bits per heavy atom. The van der Waals surface area contributed by atoms with E-state index in [-0.39, 0.29) is 35.0 Å². The molecule has 7 nitrogen and oxygen atoms in total. The number of fused-ring (bicyclic) bond motifs is 2. The van der Waals surface area contributed by atoms with E-state index in [0.29, 0.717) is 19.4 Å². The van der Waals surface area contributed by atoms with Crippen molar-refractivity contribution in [3.8, 4) is 11.6 Å². The number of aromatic nitrogens is 4. The lowest BCUT2D eigenvalue weighted by molar-refractivity contribution is -0.137. The van der Waals surface area contributed by atoms with Crippen LogP contribution in [0.3, 0.4) is 0 Å². The molecule has 1 saturated carbocycles. The van der Waals surface area contributed by atoms with Crippen LogP contribution >= 0.6 is 0 Å². The molecule has 2 aromatic heterocycles. The highest BCUT2D eigenvalue weighted by Gasteiger charge is 2.49. The van der Waals surface area contributed by atoms with Crippen molar-refractivity contribution in [3.05, 3.63) is 65.9 Å². The van der Waals surface area contributed by atoms with Gasteiger partial charge < -0.3 is 9.64 Å². The number of hydrogen-bond donors (Lipinski definition) is 0. The van der Waals surface area contributed by atoms with Crippen molar-refractivity contribution < 1.29 is 27.1 Å². The van der Waals surface area contributed by atoms with E-state index in [0.717, 1.165) is 12.3 Å². The van der Waals surface area contributed by atoms with E-state index in [9.17, 15) is 22.4 Å². The predicted octanol–water partition coefficient (Wildman–Crippen LogP) is 3.50. The zero-order valence-corrected chi connectivity index (χ0v) is 16.5. The van der Waals surface area contributed by atoms with Crippen LogP contribution in [0.25, 0.3) is 5.69 Å². The van der Waals surface area contributed by atoms with Gasteiger partial charge in [-0.3, -0.25) is 4.79 Å². The van der Waals surface area contributed by atoms with Gasteiger partial charge in [0.1, 0.15) is 17.6 Å². The number of rotatable bonds is 4. The first-order chi connectivity index (χ1) is 15.3. The van der Waals surface area contributed by atoms with E-state index in [1.165, 1.54) is 41.5 Å². The Kier molecular flexibility index (Phi) is 4.83. The fourth-order valence-electron chi connectivity index (χ4n) is 4.44. The fourth-order valence-corrected chi connectivity index (χ4v) is 4.44. The molecule has 1 amide bonds. The van der Waals surface area contributed by atoms with Gasteiger partial charge in [-0.2, -0.15) is 28.2 Å². The molecule has 0 unspecified atom stereocenters. The number of alkyl halides is 3. The van der Waals surface area contributed by atoms with Crippen LogP contribution < -0.4 is 4.74 Å². The Labute approximate surface area is 179 Å². The maximum Gasteiger partial charge on any atom is 0.417 e. The van der Waals surface area contributed by atoms with E-state index in [1.807, 2.05) is 0 Å². The summed E-state index contributed by atoms with van der Waals surface area (Å²) in [4.78, 5) is 20.0. The number of ether oxygens (including phenoxy) is 1. The normalized spacial score (nSPS) is 22.4. The van der Waals surface area contributed by atoms with Crippen LogP contribution in [0.5, 0.6) is 5.88 Å². The third-order valence-electron chi connectivity index (χ3n) is 5.85. The molecule has 5 rings (SSSR count). The maximum atomic E-state index is 13.8. The average Bonchev–Trinajstić information content (AvgIpc) is 3.50. The first-order valence-electron chi connectivity index (χ1n) is 9.97. The number of halogens is 4. The van der Waals surface area contributed by atoms with Crippen LogP contribution in [-0.4, -0.2) is 49.5 Å². The van der Waals surface area contributed by atoms with Crippen molar-refractivity contribution >= 4 is 5.91 Å². The lowest BCUT2D eigenvalue weighted by Crippen LogP contribution is -2.47. The first-order valence-corrected chi connectivity index (χ1v) is 9.97. The van der Waals surface area contributed by atoms with Crippen LogP contribution in [0.4, 0.5) is 17.6 Å². The number of hydrogen-bond acceptors (Lipinski definition) is 5. The van der Waals surface area contributed by atoms with Crippen LogP contribution in [0.15, 0.2) is 48.9 Å². The van der Waals surface area contributed by atoms with E-state index in [1.54, 1.807) is 4.90 Å². The monoisotopic (exact) mass is 447 g/mol. The summed E-state index contributed by atoms with van der Waals surface area (Å²) in [7, 11) is 0. The molecule has 3 aromatic rings. The number of carbonyl (C=O) groups is 1. The molecule has 166 valence electrons. The number of carbonyl (C=O) groups excluding carboxylic acids is 1. The van der Waals surface area contributed by atoms with Gasteiger partial charge in [-0.1, -0.05) is 0 Å². The number of amides is 1. The largest absolute Gasteiger partial charge is 0.472 e. The molecule has 0 spiro atoms. The lowest BCUT2D eigenvalue weighted by atomic mass is 10.1. The highest BCUT2D eigenvalue weighted by atomic mass is 19.4. The van der Waals surface area contributed by atoms with Crippen molar-refractivity contribution in [1.29, 1.82) is 0 Å². The van der Waals surface area contributed by atoms with Gasteiger partial charge in [-0.05, 0) is 37.0 Å². The summed E-state index contributed by atoms with van der Waals surface area (Å²) in [6, 6.07) is 5.63. The molecule has 1 aliphatic heterocycles. The van der Waals surface area contributed by atoms with E-state index < -0.39 is 23.7 Å². The number of benzene rings is 1. The summed E-state index contributed by atoms with van der Waals surface area (Å²) in [5, 5.41) is 7.99. The second-order valence-electron chi connectivity index (χ2n) is 7.88. The quantitative estimate of drug-likeness (QED) is 0.573. The Morgan fingerprint density at radius 1 is 1.09 bits per heavy atom. The average molecular weight is 447 g/mol. The number of nitrogens with zero attached hydrogens (tertiary/aromatic N) is 5. The van der Waals surface area contributed by atoms with Crippen LogP contribution in [0, 0.1) is 11.7 Å². The van der Waals surface area contributed by atoms with Crippen LogP contribution in [-0.2, 0) is 6.18 Å². The SMILES string of the molecule is O=C(c1ccc(F)cc1-n1nccn1)N1C[C@H]2C[C@@H](Oc3ccc(C(F)(F)F)cn3)[C@@H]1C2. The maximum absolute atomic E-state index is 13.8. The Balaban J connectivity index is 1.36. The molecule has 1 saturated heterocycles. The molecule has 11 heteroatoms. The third kappa shape index (κ3) is 3.67. The van der Waals surface area contributed by atoms with E-state index >= 15 is 0 Å². The van der Waals surface area contributed by atoms with Gasteiger partial charge in [0, 0.05) is 24.9 Å². The molecule has 3 heterocycles. The predicted molar refractivity (Wildman–Crippen MR) is 103 cm³/mol.